The van der Waals surface area contributed by atoms with Crippen LogP contribution in [0.4, 0.5) is 40.7 Å². The molecule has 1 aliphatic carbocycles. The summed E-state index contributed by atoms with van der Waals surface area (Å²) in [5, 5.41) is 15.8. The number of fused-ring (bicyclic) bond motifs is 1. The molecular formula is C45H58F4N10O7S. The number of rotatable bonds is 13. The topological polar surface area (TPSA) is 196 Å². The largest absolute Gasteiger partial charge is 0.421 e. The first kappa shape index (κ1) is 48.3. The maximum Gasteiger partial charge on any atom is 0.421 e. The molecule has 0 spiro atoms. The Labute approximate surface area is 385 Å². The second-order valence-corrected chi connectivity index (χ2v) is 20.5. The van der Waals surface area contributed by atoms with Gasteiger partial charge in [0.25, 0.3) is 0 Å². The Kier molecular flexibility index (Phi) is 13.8. The number of amides is 2. The van der Waals surface area contributed by atoms with Gasteiger partial charge >= 0.3 is 11.9 Å². The fourth-order valence-corrected chi connectivity index (χ4v) is 11.2. The number of nitrogens with zero attached hydrogens (tertiary/aromatic N) is 7. The first-order valence-corrected chi connectivity index (χ1v) is 24.3. The summed E-state index contributed by atoms with van der Waals surface area (Å²) in [6.45, 7) is 8.98. The number of imidazole rings is 1. The number of carbonyl (C=O) groups is 2. The minimum absolute atomic E-state index is 0.00759. The van der Waals surface area contributed by atoms with Crippen molar-refractivity contribution in [3.63, 3.8) is 0 Å². The minimum Gasteiger partial charge on any atom is -0.388 e. The summed E-state index contributed by atoms with van der Waals surface area (Å²) in [4.78, 5) is 51.4. The monoisotopic (exact) mass is 958 g/mol. The zero-order valence-electron chi connectivity index (χ0n) is 38.0. The lowest BCUT2D eigenvalue weighted by Crippen LogP contribution is -2.48. The van der Waals surface area contributed by atoms with Gasteiger partial charge in [0.15, 0.2) is 5.82 Å². The fourth-order valence-electron chi connectivity index (χ4n) is 9.90. The van der Waals surface area contributed by atoms with Crippen LogP contribution in [0, 0.1) is 18.7 Å². The number of ether oxygens (including phenoxy) is 1. The number of aliphatic hydroxyl groups is 1. The van der Waals surface area contributed by atoms with Crippen molar-refractivity contribution in [2.45, 2.75) is 107 Å². The van der Waals surface area contributed by atoms with Gasteiger partial charge in [0.2, 0.25) is 27.8 Å². The number of hydrogen-bond acceptors (Lipinski definition) is 13. The number of imide groups is 1. The number of β-amino-alcohol motifs (C(OH)–C–C–N with tert-alkyl or cyclic N) is 1. The Bertz CT molecular complexity index is 2680. The number of nitrogens with one attached hydrogen (secondary N) is 3. The van der Waals surface area contributed by atoms with E-state index < -0.39 is 62.8 Å². The predicted octanol–water partition coefficient (Wildman–Crippen LogP) is 4.73. The van der Waals surface area contributed by atoms with Crippen LogP contribution in [-0.2, 0) is 37.6 Å². The molecule has 0 radical (unpaired) electrons. The summed E-state index contributed by atoms with van der Waals surface area (Å²) < 4.78 is 96.2. The molecule has 2 aromatic heterocycles. The molecule has 4 fully saturated rings. The van der Waals surface area contributed by atoms with E-state index in [1.165, 1.54) is 39.3 Å². The van der Waals surface area contributed by atoms with E-state index in [2.05, 4.69) is 30.2 Å². The van der Waals surface area contributed by atoms with Crippen molar-refractivity contribution >= 4 is 56.0 Å². The van der Waals surface area contributed by atoms with Crippen molar-refractivity contribution in [3.8, 4) is 0 Å². The van der Waals surface area contributed by atoms with Crippen molar-refractivity contribution in [1.29, 1.82) is 0 Å². The third kappa shape index (κ3) is 10.6. The van der Waals surface area contributed by atoms with E-state index in [4.69, 9.17) is 4.74 Å². The number of hydrogen-bond donors (Lipinski definition) is 4. The zero-order valence-corrected chi connectivity index (χ0v) is 38.9. The van der Waals surface area contributed by atoms with Gasteiger partial charge in [-0.2, -0.15) is 18.2 Å². The molecule has 0 bridgehead atoms. The number of halogens is 4. The third-order valence-electron chi connectivity index (χ3n) is 13.4. The number of sulfonamides is 1. The third-order valence-corrected chi connectivity index (χ3v) is 15.0. The first-order valence-electron chi connectivity index (χ1n) is 22.8. The summed E-state index contributed by atoms with van der Waals surface area (Å²) >= 11 is 0. The SMILES string of the molecule is Cc1cc(S(=O)(=O)N[C@@H](C)COC2CCC(CN3CCN(c4ccc5c(c4F)n(C)c(=O)n5C4CCC(=O)NC4=O)CC3)CC2)ccc1Nc1ncc(C(F)(F)F)c(N2CCCC(C)(O)C2)n1. The molecule has 4 aliphatic rings. The number of aromatic nitrogens is 4. The van der Waals surface area contributed by atoms with Crippen LogP contribution in [0.1, 0.15) is 82.4 Å². The van der Waals surface area contributed by atoms with Crippen LogP contribution < -0.4 is 30.8 Å². The van der Waals surface area contributed by atoms with E-state index in [0.717, 1.165) is 45.3 Å². The molecule has 4 aromatic rings. The van der Waals surface area contributed by atoms with Gasteiger partial charge in [-0.15, -0.1) is 0 Å². The number of alkyl halides is 3. The lowest BCUT2D eigenvalue weighted by molar-refractivity contribution is -0.138. The van der Waals surface area contributed by atoms with Crippen LogP contribution in [0.3, 0.4) is 0 Å². The van der Waals surface area contributed by atoms with Gasteiger partial charge in [0.1, 0.15) is 22.9 Å². The Morgan fingerprint density at radius 2 is 1.75 bits per heavy atom. The zero-order chi connectivity index (χ0) is 48.0. The highest BCUT2D eigenvalue weighted by molar-refractivity contribution is 7.89. The normalized spacial score (nSPS) is 24.0. The Hall–Kier alpha value is -5.16. The lowest BCUT2D eigenvalue weighted by atomic mass is 9.87. The van der Waals surface area contributed by atoms with Gasteiger partial charge in [-0.3, -0.25) is 28.9 Å². The maximum absolute atomic E-state index is 16.1. The van der Waals surface area contributed by atoms with Gasteiger partial charge < -0.3 is 25.0 Å². The molecule has 4 N–H and O–H groups in total. The van der Waals surface area contributed by atoms with Crippen molar-refractivity contribution in [3.05, 3.63) is 64.0 Å². The van der Waals surface area contributed by atoms with Gasteiger partial charge in [-0.05, 0) is 108 Å². The van der Waals surface area contributed by atoms with Crippen LogP contribution >= 0.6 is 0 Å². The number of anilines is 4. The number of carbonyl (C=O) groups excluding carboxylic acids is 2. The quantitative estimate of drug-likeness (QED) is 0.106. The Balaban J connectivity index is 0.789. The summed E-state index contributed by atoms with van der Waals surface area (Å²) in [5.41, 5.74) is -0.971. The van der Waals surface area contributed by atoms with Gasteiger partial charge in [0.05, 0.1) is 34.4 Å². The average molecular weight is 959 g/mol. The summed E-state index contributed by atoms with van der Waals surface area (Å²) in [7, 11) is -2.48. The Morgan fingerprint density at radius 1 is 1.01 bits per heavy atom. The van der Waals surface area contributed by atoms with Crippen molar-refractivity contribution in [2.24, 2.45) is 13.0 Å². The number of aryl methyl sites for hydroxylation is 2. The van der Waals surface area contributed by atoms with E-state index in [-0.39, 0.29) is 60.8 Å². The van der Waals surface area contributed by atoms with Gasteiger partial charge in [0, 0.05) is 77.2 Å². The van der Waals surface area contributed by atoms with Crippen molar-refractivity contribution < 1.29 is 45.4 Å². The first-order chi connectivity index (χ1) is 31.7. The fraction of sp³-hybridized carbons (Fsp3) is 0.578. The molecule has 2 unspecified atom stereocenters. The van der Waals surface area contributed by atoms with Crippen LogP contribution in [0.5, 0.6) is 0 Å². The van der Waals surface area contributed by atoms with Crippen LogP contribution in [0.2, 0.25) is 0 Å². The molecule has 5 heterocycles. The van der Waals surface area contributed by atoms with E-state index in [9.17, 15) is 41.1 Å². The smallest absolute Gasteiger partial charge is 0.388 e. The highest BCUT2D eigenvalue weighted by atomic mass is 32.2. The molecule has 17 nitrogen and oxygen atoms in total. The number of benzene rings is 2. The highest BCUT2D eigenvalue weighted by Gasteiger charge is 2.40. The van der Waals surface area contributed by atoms with E-state index in [1.54, 1.807) is 32.9 Å². The summed E-state index contributed by atoms with van der Waals surface area (Å²) in [5.74, 6) is -1.48. The van der Waals surface area contributed by atoms with Gasteiger partial charge in [-0.25, -0.2) is 27.3 Å². The summed E-state index contributed by atoms with van der Waals surface area (Å²) in [6.07, 6.45) is 0.769. The average Bonchev–Trinajstić information content (AvgIpc) is 3.52. The van der Waals surface area contributed by atoms with Crippen molar-refractivity contribution in [2.75, 3.05) is 67.5 Å². The molecule has 3 saturated heterocycles. The molecule has 2 aromatic carbocycles. The molecule has 2 amide bonds. The Morgan fingerprint density at radius 3 is 2.42 bits per heavy atom. The molecule has 1 saturated carbocycles. The van der Waals surface area contributed by atoms with Crippen LogP contribution in [0.25, 0.3) is 11.0 Å². The molecule has 3 atom stereocenters. The molecule has 364 valence electrons. The lowest BCUT2D eigenvalue weighted by Gasteiger charge is -2.39. The molecule has 8 rings (SSSR count). The summed E-state index contributed by atoms with van der Waals surface area (Å²) in [6, 6.07) is 6.27. The standard InChI is InChI=1S/C45H58F4N10O7S/c1-27-22-31(10-11-33(27)51-42-50-23-32(45(47,48)49)40(53-42)58-17-5-16-44(3,63)26-58)67(64,65)54-28(2)25-66-30-8-6-29(7-9-30)24-56-18-20-57(21-19-56)34-12-13-35-39(38(34)46)55(4)43(62)59(35)36-14-15-37(60)52-41(36)61/h10-13,22-23,28-30,36,54,63H,5-9,14-21,24-26H2,1-4H3,(H,50,51,53)(H,52,60,61)/t28-,29?,30?,36?,44?/m0/s1. The van der Waals surface area contributed by atoms with E-state index >= 15 is 4.39 Å². The van der Waals surface area contributed by atoms with Gasteiger partial charge in [-0.1, -0.05) is 0 Å². The molecular weight excluding hydrogens is 901 g/mol. The number of piperidine rings is 2. The molecule has 3 aliphatic heterocycles. The highest BCUT2D eigenvalue weighted by Crippen LogP contribution is 2.38. The van der Waals surface area contributed by atoms with Crippen molar-refractivity contribution in [1.82, 2.24) is 34.0 Å². The molecule has 67 heavy (non-hydrogen) atoms. The van der Waals surface area contributed by atoms with E-state index in [0.29, 0.717) is 60.5 Å². The molecule has 22 heteroatoms. The van der Waals surface area contributed by atoms with Crippen LogP contribution in [-0.4, -0.2) is 120 Å². The maximum atomic E-state index is 16.1. The second kappa shape index (κ2) is 19.1. The predicted molar refractivity (Wildman–Crippen MR) is 242 cm³/mol. The second-order valence-electron chi connectivity index (χ2n) is 18.8. The minimum atomic E-state index is -4.71. The van der Waals surface area contributed by atoms with E-state index in [1.807, 2.05) is 4.90 Å². The van der Waals surface area contributed by atoms with Crippen LogP contribution in [0.15, 0.2) is 46.2 Å². The number of piperazine rings is 1.